The van der Waals surface area contributed by atoms with Gasteiger partial charge in [0, 0.05) is 22.5 Å². The van der Waals surface area contributed by atoms with Gasteiger partial charge in [-0.1, -0.05) is 31.5 Å². The van der Waals surface area contributed by atoms with Crippen LogP contribution in [0.5, 0.6) is 0 Å². The molecule has 0 bridgehead atoms. The summed E-state index contributed by atoms with van der Waals surface area (Å²) in [6.07, 6.45) is 4.53. The number of esters is 1. The largest absolute Gasteiger partial charge is 0.462 e. The number of hydrogen-bond acceptors (Lipinski definition) is 3. The minimum Gasteiger partial charge on any atom is -0.462 e. The minimum absolute atomic E-state index is 0.0334. The van der Waals surface area contributed by atoms with E-state index in [1.165, 1.54) is 6.21 Å². The number of fused-ring (bicyclic) bond motifs is 3. The summed E-state index contributed by atoms with van der Waals surface area (Å²) < 4.78 is 7.66. The molecule has 4 nitrogen and oxygen atoms in total. The van der Waals surface area contributed by atoms with Crippen LogP contribution in [0.15, 0.2) is 30.3 Å². The zero-order chi connectivity index (χ0) is 18.5. The number of nitrogens with one attached hydrogen (secondary N) is 1. The minimum atomic E-state index is -0.277. The van der Waals surface area contributed by atoms with E-state index in [2.05, 4.69) is 24.5 Å². The Kier molecular flexibility index (Phi) is 3.87. The number of carbonyl (C=O) groups excluding carboxylic acids is 1. The molecule has 1 aliphatic rings. The number of rotatable bonds is 5. The molecule has 4 rings (SSSR count). The normalized spacial score (nSPS) is 19.3. The molecule has 3 aromatic rings. The van der Waals surface area contributed by atoms with Gasteiger partial charge in [0.2, 0.25) is 0 Å². The molecule has 0 saturated carbocycles. The lowest BCUT2D eigenvalue weighted by atomic mass is 9.90. The number of benzene rings is 2. The first-order valence-corrected chi connectivity index (χ1v) is 9.32. The van der Waals surface area contributed by atoms with Crippen LogP contribution in [0.25, 0.3) is 27.2 Å². The third kappa shape index (κ3) is 2.14. The quantitative estimate of drug-likeness (QED) is 0.548. The zero-order valence-corrected chi connectivity index (χ0v) is 15.6. The molecule has 0 saturated heterocycles. The third-order valence-electron chi connectivity index (χ3n) is 5.61. The molecule has 0 aliphatic carbocycles. The molecule has 0 radical (unpaired) electrons. The van der Waals surface area contributed by atoms with Gasteiger partial charge in [-0.3, -0.25) is 0 Å². The number of carbonyl (C=O) groups is 1. The van der Waals surface area contributed by atoms with Gasteiger partial charge in [0.05, 0.1) is 23.0 Å². The van der Waals surface area contributed by atoms with E-state index in [4.69, 9.17) is 10.1 Å². The van der Waals surface area contributed by atoms with Gasteiger partial charge < -0.3 is 14.7 Å². The average Bonchev–Trinajstić information content (AvgIpc) is 3.12. The SMILES string of the molecule is CCCC1(C)CC(C=N)=c2c3cccc4c(C(=O)OCC)ccc(c43)n21. The lowest BCUT2D eigenvalue weighted by Crippen LogP contribution is -2.31. The third-order valence-corrected chi connectivity index (χ3v) is 5.61. The van der Waals surface area contributed by atoms with E-state index in [0.29, 0.717) is 12.2 Å². The first-order valence-electron chi connectivity index (χ1n) is 9.32. The van der Waals surface area contributed by atoms with Crippen LogP contribution < -0.4 is 5.35 Å². The van der Waals surface area contributed by atoms with E-state index in [-0.39, 0.29) is 11.5 Å². The second-order valence-electron chi connectivity index (χ2n) is 7.36. The summed E-state index contributed by atoms with van der Waals surface area (Å²) in [5.74, 6) is -0.277. The predicted octanol–water partition coefficient (Wildman–Crippen LogP) is 4.41. The fourth-order valence-electron chi connectivity index (χ4n) is 4.71. The molecule has 1 aromatic heterocycles. The molecule has 4 heteroatoms. The van der Waals surface area contributed by atoms with E-state index in [1.54, 1.807) is 0 Å². The Balaban J connectivity index is 2.13. The van der Waals surface area contributed by atoms with Crippen LogP contribution in [0.4, 0.5) is 0 Å². The number of ether oxygens (including phenoxy) is 1. The molecule has 1 unspecified atom stereocenters. The van der Waals surface area contributed by atoms with Gasteiger partial charge in [0.15, 0.2) is 0 Å². The molecule has 1 atom stereocenters. The highest BCUT2D eigenvalue weighted by atomic mass is 16.5. The van der Waals surface area contributed by atoms with Gasteiger partial charge in [-0.05, 0) is 49.8 Å². The maximum Gasteiger partial charge on any atom is 0.338 e. The molecule has 2 heterocycles. The van der Waals surface area contributed by atoms with Crippen molar-refractivity contribution in [3.05, 3.63) is 41.2 Å². The van der Waals surface area contributed by atoms with Crippen LogP contribution >= 0.6 is 0 Å². The molecule has 26 heavy (non-hydrogen) atoms. The van der Waals surface area contributed by atoms with Crippen molar-refractivity contribution in [3.8, 4) is 0 Å². The van der Waals surface area contributed by atoms with Crippen LogP contribution in [0.2, 0.25) is 0 Å². The summed E-state index contributed by atoms with van der Waals surface area (Å²) >= 11 is 0. The molecular formula is C22H24N2O2. The van der Waals surface area contributed by atoms with Crippen molar-refractivity contribution in [3.63, 3.8) is 0 Å². The Morgan fingerprint density at radius 1 is 1.27 bits per heavy atom. The summed E-state index contributed by atoms with van der Waals surface area (Å²) in [4.78, 5) is 12.4. The monoisotopic (exact) mass is 348 g/mol. The topological polar surface area (TPSA) is 55.1 Å². The maximum atomic E-state index is 12.4. The Morgan fingerprint density at radius 2 is 2.04 bits per heavy atom. The van der Waals surface area contributed by atoms with Crippen molar-refractivity contribution >= 4 is 39.4 Å². The van der Waals surface area contributed by atoms with Crippen LogP contribution in [0.1, 0.15) is 50.4 Å². The molecule has 1 N–H and O–H groups in total. The lowest BCUT2D eigenvalue weighted by Gasteiger charge is -2.28. The van der Waals surface area contributed by atoms with Gasteiger partial charge in [-0.25, -0.2) is 4.79 Å². The van der Waals surface area contributed by atoms with E-state index in [9.17, 15) is 4.79 Å². The average molecular weight is 348 g/mol. The standard InChI is InChI=1S/C22H24N2O2/c1-4-11-22(3)12-14(13-23)20-17-8-6-7-15-16(21(25)26-5-2)9-10-18(19(15)17)24(20)22/h6-10,13,23H,4-5,11-12H2,1-3H3. The van der Waals surface area contributed by atoms with Crippen LogP contribution in [0, 0.1) is 5.41 Å². The zero-order valence-electron chi connectivity index (χ0n) is 15.6. The maximum absolute atomic E-state index is 12.4. The van der Waals surface area contributed by atoms with E-state index >= 15 is 0 Å². The van der Waals surface area contributed by atoms with Crippen molar-refractivity contribution in [1.29, 1.82) is 5.41 Å². The summed E-state index contributed by atoms with van der Waals surface area (Å²) in [5, 5.41) is 12.2. The van der Waals surface area contributed by atoms with Gasteiger partial charge in [0.25, 0.3) is 0 Å². The first-order chi connectivity index (χ1) is 12.6. The first kappa shape index (κ1) is 16.8. The Morgan fingerprint density at radius 3 is 2.73 bits per heavy atom. The number of aromatic nitrogens is 1. The van der Waals surface area contributed by atoms with Gasteiger partial charge in [0.1, 0.15) is 0 Å². The van der Waals surface area contributed by atoms with Gasteiger partial charge in [-0.15, -0.1) is 0 Å². The Labute approximate surface area is 152 Å². The van der Waals surface area contributed by atoms with Crippen molar-refractivity contribution in [2.24, 2.45) is 0 Å². The second-order valence-corrected chi connectivity index (χ2v) is 7.36. The number of nitrogens with zero attached hydrogens (tertiary/aromatic N) is 1. The molecule has 1 aliphatic heterocycles. The van der Waals surface area contributed by atoms with E-state index in [1.807, 2.05) is 31.2 Å². The summed E-state index contributed by atoms with van der Waals surface area (Å²) in [6.45, 7) is 6.68. The fraction of sp³-hybridized carbons (Fsp3) is 0.364. The van der Waals surface area contributed by atoms with Crippen LogP contribution in [0.3, 0.4) is 0 Å². The van der Waals surface area contributed by atoms with Crippen LogP contribution in [-0.2, 0) is 10.3 Å². The van der Waals surface area contributed by atoms with Gasteiger partial charge >= 0.3 is 5.97 Å². The van der Waals surface area contributed by atoms with Gasteiger partial charge in [-0.2, -0.15) is 0 Å². The Hall–Kier alpha value is -2.62. The fourth-order valence-corrected chi connectivity index (χ4v) is 4.71. The van der Waals surface area contributed by atoms with Crippen LogP contribution in [-0.4, -0.2) is 23.4 Å². The lowest BCUT2D eigenvalue weighted by molar-refractivity contribution is 0.0529. The molecule has 2 aromatic carbocycles. The summed E-state index contributed by atoms with van der Waals surface area (Å²) in [5.41, 5.74) is 2.80. The van der Waals surface area contributed by atoms with Crippen molar-refractivity contribution in [2.45, 2.75) is 45.6 Å². The van der Waals surface area contributed by atoms with E-state index in [0.717, 1.165) is 51.9 Å². The predicted molar refractivity (Wildman–Crippen MR) is 106 cm³/mol. The molecule has 0 fully saturated rings. The van der Waals surface area contributed by atoms with Crippen molar-refractivity contribution in [1.82, 2.24) is 4.57 Å². The summed E-state index contributed by atoms with van der Waals surface area (Å²) in [6, 6.07) is 10.0. The van der Waals surface area contributed by atoms with Crippen molar-refractivity contribution in [2.75, 3.05) is 6.61 Å². The molecule has 134 valence electrons. The molecule has 0 spiro atoms. The molecular weight excluding hydrogens is 324 g/mol. The summed E-state index contributed by atoms with van der Waals surface area (Å²) in [7, 11) is 0. The smallest absolute Gasteiger partial charge is 0.338 e. The Bertz CT molecular complexity index is 1090. The highest BCUT2D eigenvalue weighted by molar-refractivity contribution is 6.18. The van der Waals surface area contributed by atoms with Crippen molar-refractivity contribution < 1.29 is 9.53 Å². The highest BCUT2D eigenvalue weighted by Gasteiger charge is 2.36. The second kappa shape index (κ2) is 5.97. The highest BCUT2D eigenvalue weighted by Crippen LogP contribution is 2.40. The number of hydrogen-bond donors (Lipinski definition) is 1. The molecule has 0 amide bonds. The van der Waals surface area contributed by atoms with E-state index < -0.39 is 0 Å².